The Labute approximate surface area is 186 Å². The highest BCUT2D eigenvalue weighted by Crippen LogP contribution is 2.30. The molecule has 1 aromatic carbocycles. The lowest BCUT2D eigenvalue weighted by molar-refractivity contribution is 0.173. The number of carbonyl (C=O) groups is 1. The standard InChI is InChI=1S/C24H26N6O2/c1-16-20-6-9-27-22(20)5-4-21(16)29-23-17(14-26-15-18(23)13-25)3-2-10-30-11-7-19(8-12-30)28-24(31)32/h2-6,9,14-15,19,27-28H,7-8,10-12H2,1H3,(H,26,29)(H,31,32). The number of nitrogens with zero attached hydrogens (tertiary/aromatic N) is 3. The Morgan fingerprint density at radius 3 is 2.91 bits per heavy atom. The van der Waals surface area contributed by atoms with E-state index in [1.54, 1.807) is 12.4 Å². The average Bonchev–Trinajstić information content (AvgIpc) is 3.27. The molecule has 0 atom stereocenters. The molecule has 1 saturated heterocycles. The van der Waals surface area contributed by atoms with Gasteiger partial charge in [0.2, 0.25) is 0 Å². The average molecular weight is 431 g/mol. The van der Waals surface area contributed by atoms with Gasteiger partial charge in [-0.2, -0.15) is 5.26 Å². The molecule has 3 aromatic rings. The van der Waals surface area contributed by atoms with Crippen molar-refractivity contribution in [2.24, 2.45) is 0 Å². The van der Waals surface area contributed by atoms with Gasteiger partial charge in [0.15, 0.2) is 0 Å². The van der Waals surface area contributed by atoms with Gasteiger partial charge < -0.3 is 20.7 Å². The van der Waals surface area contributed by atoms with Crippen molar-refractivity contribution in [3.05, 3.63) is 59.6 Å². The van der Waals surface area contributed by atoms with E-state index in [4.69, 9.17) is 5.11 Å². The van der Waals surface area contributed by atoms with Gasteiger partial charge in [0.05, 0.1) is 11.3 Å². The van der Waals surface area contributed by atoms with Crippen LogP contribution in [0.1, 0.15) is 29.5 Å². The Balaban J connectivity index is 1.48. The van der Waals surface area contributed by atoms with Crippen LogP contribution in [0.2, 0.25) is 0 Å². The van der Waals surface area contributed by atoms with Crippen molar-refractivity contribution in [3.63, 3.8) is 0 Å². The van der Waals surface area contributed by atoms with Crippen LogP contribution in [0.3, 0.4) is 0 Å². The summed E-state index contributed by atoms with van der Waals surface area (Å²) in [6, 6.07) is 8.35. The van der Waals surface area contributed by atoms with Gasteiger partial charge in [-0.15, -0.1) is 0 Å². The van der Waals surface area contributed by atoms with E-state index in [0.717, 1.165) is 65.9 Å². The third-order valence-corrected chi connectivity index (χ3v) is 5.94. The fourth-order valence-electron chi connectivity index (χ4n) is 4.14. The largest absolute Gasteiger partial charge is 0.465 e. The molecular weight excluding hydrogens is 404 g/mol. The van der Waals surface area contributed by atoms with Crippen LogP contribution >= 0.6 is 0 Å². The molecule has 4 N–H and O–H groups in total. The number of aromatic amines is 1. The molecule has 32 heavy (non-hydrogen) atoms. The minimum absolute atomic E-state index is 0.0284. The van der Waals surface area contributed by atoms with Crippen LogP contribution in [0.4, 0.5) is 16.2 Å². The van der Waals surface area contributed by atoms with Crippen molar-refractivity contribution in [2.45, 2.75) is 25.8 Å². The molecule has 1 fully saturated rings. The van der Waals surface area contributed by atoms with Gasteiger partial charge in [0, 0.05) is 66.4 Å². The van der Waals surface area contributed by atoms with Gasteiger partial charge in [-0.1, -0.05) is 12.2 Å². The number of pyridine rings is 1. The number of piperidine rings is 1. The number of rotatable bonds is 6. The van der Waals surface area contributed by atoms with E-state index in [1.807, 2.05) is 30.5 Å². The summed E-state index contributed by atoms with van der Waals surface area (Å²) in [5, 5.41) is 25.6. The summed E-state index contributed by atoms with van der Waals surface area (Å²) in [5.74, 6) is 0. The fraction of sp³-hybridized carbons (Fsp3) is 0.292. The zero-order chi connectivity index (χ0) is 22.5. The first-order valence-electron chi connectivity index (χ1n) is 10.7. The molecule has 0 saturated carbocycles. The predicted octanol–water partition coefficient (Wildman–Crippen LogP) is 4.23. The van der Waals surface area contributed by atoms with Gasteiger partial charge in [0.1, 0.15) is 6.07 Å². The molecule has 1 aliphatic heterocycles. The minimum atomic E-state index is -0.959. The first kappa shape index (κ1) is 21.4. The molecule has 0 radical (unpaired) electrons. The van der Waals surface area contributed by atoms with Crippen LogP contribution in [-0.4, -0.2) is 51.7 Å². The normalized spacial score (nSPS) is 15.1. The number of aryl methyl sites for hydroxylation is 1. The second kappa shape index (κ2) is 9.54. The number of hydrogen-bond donors (Lipinski definition) is 4. The maximum absolute atomic E-state index is 10.8. The van der Waals surface area contributed by atoms with Crippen LogP contribution in [0.15, 0.2) is 42.9 Å². The summed E-state index contributed by atoms with van der Waals surface area (Å²) in [6.07, 6.45) is 9.95. The van der Waals surface area contributed by atoms with Crippen LogP contribution in [0.5, 0.6) is 0 Å². The first-order chi connectivity index (χ1) is 15.5. The van der Waals surface area contributed by atoms with Gasteiger partial charge in [-0.3, -0.25) is 9.88 Å². The van der Waals surface area contributed by atoms with E-state index in [0.29, 0.717) is 5.56 Å². The molecule has 2 aromatic heterocycles. The summed E-state index contributed by atoms with van der Waals surface area (Å²) in [4.78, 5) is 20.5. The number of hydrogen-bond acceptors (Lipinski definition) is 5. The number of amides is 1. The number of nitrogens with one attached hydrogen (secondary N) is 3. The maximum Gasteiger partial charge on any atom is 0.404 e. The third kappa shape index (κ3) is 4.74. The van der Waals surface area contributed by atoms with Crippen molar-refractivity contribution in [2.75, 3.05) is 25.0 Å². The van der Waals surface area contributed by atoms with E-state index >= 15 is 0 Å². The van der Waals surface area contributed by atoms with Crippen LogP contribution < -0.4 is 10.6 Å². The van der Waals surface area contributed by atoms with E-state index < -0.39 is 6.09 Å². The second-order valence-electron chi connectivity index (χ2n) is 7.99. The van der Waals surface area contributed by atoms with Crippen molar-refractivity contribution >= 4 is 34.4 Å². The number of anilines is 2. The lowest BCUT2D eigenvalue weighted by Crippen LogP contribution is -2.44. The Morgan fingerprint density at radius 1 is 1.34 bits per heavy atom. The SMILES string of the molecule is Cc1c(Nc2c(C#N)cncc2C=CCN2CCC(NC(=O)O)CC2)ccc2[nH]ccc12. The van der Waals surface area contributed by atoms with Crippen molar-refractivity contribution in [1.29, 1.82) is 5.26 Å². The number of carboxylic acid groups (broad SMARTS) is 1. The molecule has 4 rings (SSSR count). The number of aromatic nitrogens is 2. The van der Waals surface area contributed by atoms with Crippen LogP contribution in [-0.2, 0) is 0 Å². The highest BCUT2D eigenvalue weighted by Gasteiger charge is 2.19. The lowest BCUT2D eigenvalue weighted by Gasteiger charge is -2.30. The van der Waals surface area contributed by atoms with Crippen molar-refractivity contribution in [3.8, 4) is 6.07 Å². The van der Waals surface area contributed by atoms with Crippen LogP contribution in [0.25, 0.3) is 17.0 Å². The second-order valence-corrected chi connectivity index (χ2v) is 7.99. The smallest absolute Gasteiger partial charge is 0.404 e. The van der Waals surface area contributed by atoms with Gasteiger partial charge in [0.25, 0.3) is 0 Å². The molecule has 1 amide bonds. The molecule has 0 bridgehead atoms. The molecule has 8 nitrogen and oxygen atoms in total. The Bertz CT molecular complexity index is 1180. The van der Waals surface area contributed by atoms with E-state index in [9.17, 15) is 10.1 Å². The zero-order valence-electron chi connectivity index (χ0n) is 17.9. The summed E-state index contributed by atoms with van der Waals surface area (Å²) < 4.78 is 0. The highest BCUT2D eigenvalue weighted by molar-refractivity contribution is 5.89. The summed E-state index contributed by atoms with van der Waals surface area (Å²) in [6.45, 7) is 4.49. The quantitative estimate of drug-likeness (QED) is 0.465. The molecular formula is C24H26N6O2. The molecule has 8 heteroatoms. The van der Waals surface area contributed by atoms with Crippen LogP contribution in [0, 0.1) is 18.3 Å². The Hall–Kier alpha value is -3.83. The summed E-state index contributed by atoms with van der Waals surface area (Å²) in [5.41, 5.74) is 5.20. The predicted molar refractivity (Wildman–Crippen MR) is 125 cm³/mol. The van der Waals surface area contributed by atoms with Gasteiger partial charge in [-0.05, 0) is 43.5 Å². The molecule has 0 unspecified atom stereocenters. The minimum Gasteiger partial charge on any atom is -0.465 e. The molecule has 0 aliphatic carbocycles. The highest BCUT2D eigenvalue weighted by atomic mass is 16.4. The van der Waals surface area contributed by atoms with Crippen molar-refractivity contribution < 1.29 is 9.90 Å². The molecule has 1 aliphatic rings. The number of likely N-dealkylation sites (tertiary alicyclic amines) is 1. The molecule has 164 valence electrons. The Morgan fingerprint density at radius 2 is 2.16 bits per heavy atom. The topological polar surface area (TPSA) is 117 Å². The zero-order valence-corrected chi connectivity index (χ0v) is 17.9. The molecule has 3 heterocycles. The number of benzene rings is 1. The summed E-state index contributed by atoms with van der Waals surface area (Å²) in [7, 11) is 0. The fourth-order valence-corrected chi connectivity index (χ4v) is 4.14. The molecule has 0 spiro atoms. The van der Waals surface area contributed by atoms with Gasteiger partial charge in [-0.25, -0.2) is 4.79 Å². The number of nitriles is 1. The van der Waals surface area contributed by atoms with E-state index in [1.165, 1.54) is 0 Å². The van der Waals surface area contributed by atoms with Crippen molar-refractivity contribution in [1.82, 2.24) is 20.2 Å². The van der Waals surface area contributed by atoms with Gasteiger partial charge >= 0.3 is 6.09 Å². The maximum atomic E-state index is 10.8. The van der Waals surface area contributed by atoms with E-state index in [-0.39, 0.29) is 6.04 Å². The number of H-pyrrole nitrogens is 1. The third-order valence-electron chi connectivity index (χ3n) is 5.94. The van der Waals surface area contributed by atoms with E-state index in [2.05, 4.69) is 44.6 Å². The lowest BCUT2D eigenvalue weighted by atomic mass is 10.1. The number of fused-ring (bicyclic) bond motifs is 1. The summed E-state index contributed by atoms with van der Waals surface area (Å²) >= 11 is 0. The first-order valence-corrected chi connectivity index (χ1v) is 10.7. The Kier molecular flexibility index (Phi) is 6.38. The monoisotopic (exact) mass is 430 g/mol.